The molecule has 2 aliphatic rings. The summed E-state index contributed by atoms with van der Waals surface area (Å²) in [5.41, 5.74) is -0.531. The summed E-state index contributed by atoms with van der Waals surface area (Å²) in [5.74, 6) is 1.09. The van der Waals surface area contributed by atoms with Crippen LogP contribution in [0.3, 0.4) is 0 Å². The number of hydrogen-bond acceptors (Lipinski definition) is 6. The van der Waals surface area contributed by atoms with Gasteiger partial charge >= 0.3 is 151 Å². The Morgan fingerprint density at radius 2 is 2.07 bits per heavy atom. The number of carbonyl (C=O) groups excluding carboxylic acids is 1. The van der Waals surface area contributed by atoms with Crippen LogP contribution in [-0.2, 0) is 21.6 Å². The Kier molecular flexibility index (Phi) is 9.99. The molecule has 1 fully saturated rings. The molecular weight excluding hydrogens is 555 g/mol. The minimum absolute atomic E-state index is 0.117. The first-order valence-electron chi connectivity index (χ1n) is 10.2. The molecule has 0 radical (unpaired) electrons. The van der Waals surface area contributed by atoms with Crippen molar-refractivity contribution in [3.05, 3.63) is 11.8 Å². The average Bonchev–Trinajstić information content (AvgIpc) is 2.66. The number of piperidine rings is 1. The molecule has 0 saturated carbocycles. The predicted molar refractivity (Wildman–Crippen MR) is 106 cm³/mol. The topological polar surface area (TPSA) is 66.5 Å². The number of amides is 1. The van der Waals surface area contributed by atoms with Gasteiger partial charge in [0.25, 0.3) is 0 Å². The molecule has 3 atom stereocenters. The maximum atomic E-state index is 12.8. The molecule has 8 heteroatoms. The molecule has 1 aliphatic heterocycles. The van der Waals surface area contributed by atoms with E-state index in [-0.39, 0.29) is 31.1 Å². The van der Waals surface area contributed by atoms with E-state index < -0.39 is 5.60 Å². The predicted octanol–water partition coefficient (Wildman–Crippen LogP) is 3.32. The van der Waals surface area contributed by atoms with E-state index in [0.717, 1.165) is 37.9 Å². The van der Waals surface area contributed by atoms with E-state index in [1.165, 1.54) is 0 Å². The molecule has 28 heavy (non-hydrogen) atoms. The zero-order chi connectivity index (χ0) is 20.6. The normalized spacial score (nSPS) is 25.9. The van der Waals surface area contributed by atoms with Crippen molar-refractivity contribution in [2.45, 2.75) is 83.6 Å². The molecule has 3 unspecified atom stereocenters. The van der Waals surface area contributed by atoms with Crippen LogP contribution in [-0.4, -0.2) is 87.6 Å². The number of hydrogen-bond donors (Lipinski definition) is 0. The Balaban J connectivity index is 2.01. The Labute approximate surface area is 185 Å². The summed E-state index contributed by atoms with van der Waals surface area (Å²) < 4.78 is 28.6. The first-order valence-corrected chi connectivity index (χ1v) is 12.0. The van der Waals surface area contributed by atoms with E-state index in [2.05, 4.69) is 6.08 Å². The van der Waals surface area contributed by atoms with E-state index in [9.17, 15) is 4.79 Å². The van der Waals surface area contributed by atoms with Gasteiger partial charge in [-0.1, -0.05) is 0 Å². The number of rotatable bonds is 8. The maximum absolute atomic E-state index is 12.8. The molecule has 1 saturated heterocycles. The summed E-state index contributed by atoms with van der Waals surface area (Å²) in [6.07, 6.45) is 6.34. The second-order valence-electron chi connectivity index (χ2n) is 8.22. The molecule has 0 aromatic heterocycles. The van der Waals surface area contributed by atoms with Gasteiger partial charge in [-0.05, 0) is 27.7 Å². The van der Waals surface area contributed by atoms with E-state index in [4.69, 9.17) is 21.6 Å². The van der Waals surface area contributed by atoms with Crippen molar-refractivity contribution in [3.63, 3.8) is 0 Å². The summed E-state index contributed by atoms with van der Waals surface area (Å²) >= 11 is 0.529. The Hall–Kier alpha value is -0.388. The summed E-state index contributed by atoms with van der Waals surface area (Å²) in [5, 5.41) is 0. The van der Waals surface area contributed by atoms with Crippen molar-refractivity contribution in [2.24, 2.45) is 0 Å². The van der Waals surface area contributed by atoms with E-state index in [1.54, 1.807) is 4.90 Å². The third kappa shape index (κ3) is 7.80. The van der Waals surface area contributed by atoms with Gasteiger partial charge in [0.15, 0.2) is 0 Å². The van der Waals surface area contributed by atoms with Crippen molar-refractivity contribution in [1.29, 1.82) is 0 Å². The quantitative estimate of drug-likeness (QED) is 0.246. The molecular formula is C20H34NO6Tl. The van der Waals surface area contributed by atoms with E-state index >= 15 is 0 Å². The molecule has 7 nitrogen and oxygen atoms in total. The Morgan fingerprint density at radius 1 is 1.29 bits per heavy atom. The Morgan fingerprint density at radius 3 is 2.68 bits per heavy atom. The monoisotopic (exact) mass is 589 g/mol. The van der Waals surface area contributed by atoms with Crippen LogP contribution in [0.5, 0.6) is 0 Å². The summed E-state index contributed by atoms with van der Waals surface area (Å²) in [6, 6.07) is -0.175. The third-order valence-electron chi connectivity index (χ3n) is 4.89. The fraction of sp³-hybridized carbons (Fsp3) is 0.850. The van der Waals surface area contributed by atoms with Gasteiger partial charge in [-0.25, -0.2) is 0 Å². The number of likely N-dealkylation sites (tertiary alicyclic amines) is 1. The molecule has 0 bridgehead atoms. The molecule has 0 aromatic rings. The third-order valence-corrected chi connectivity index (χ3v) is 6.07. The van der Waals surface area contributed by atoms with Crippen LogP contribution in [0.15, 0.2) is 11.8 Å². The molecule has 1 aliphatic carbocycles. The molecule has 0 aromatic carbocycles. The number of ether oxygens (including phenoxy) is 4. The van der Waals surface area contributed by atoms with Crippen LogP contribution >= 0.6 is 0 Å². The number of allylic oxidation sites excluding steroid dienone is 1. The summed E-state index contributed by atoms with van der Waals surface area (Å²) in [7, 11) is 0. The number of nitrogens with zero attached hydrogens (tertiary/aromatic N) is 1. The van der Waals surface area contributed by atoms with Crippen LogP contribution < -0.4 is 0 Å². The van der Waals surface area contributed by atoms with Crippen molar-refractivity contribution in [1.82, 2.24) is 4.90 Å². The molecule has 0 spiro atoms. The standard InChI is InChI=1S/C20H35NO6.Tl/c1-5-24-14-26-18-7-6-12-21(19(23)27-20(2,3)4)17(18)13-25-16-10-8-15(22)9-11-16;/h8,16-18,22H,5-7,9-14H2,1-4H3;/q;+1/p-1. The van der Waals surface area contributed by atoms with Crippen LogP contribution in [0.1, 0.15) is 59.8 Å². The molecule has 0 N–H and O–H groups in total. The van der Waals surface area contributed by atoms with E-state index in [1.807, 2.05) is 27.7 Å². The molecule has 2 rings (SSSR count). The van der Waals surface area contributed by atoms with Gasteiger partial charge in [-0.3, -0.25) is 0 Å². The van der Waals surface area contributed by atoms with Crippen molar-refractivity contribution in [3.8, 4) is 0 Å². The van der Waals surface area contributed by atoms with Crippen LogP contribution in [0.4, 0.5) is 4.79 Å². The van der Waals surface area contributed by atoms with Crippen LogP contribution in [0.25, 0.3) is 0 Å². The summed E-state index contributed by atoms with van der Waals surface area (Å²) in [4.78, 5) is 14.5. The zero-order valence-electron chi connectivity index (χ0n) is 17.6. The van der Waals surface area contributed by atoms with Crippen LogP contribution in [0.2, 0.25) is 0 Å². The Bertz CT molecular complexity index is 521. The average molecular weight is 589 g/mol. The van der Waals surface area contributed by atoms with E-state index in [0.29, 0.717) is 46.0 Å². The van der Waals surface area contributed by atoms with Crippen LogP contribution in [0, 0.1) is 0 Å². The van der Waals surface area contributed by atoms with Crippen molar-refractivity contribution in [2.75, 3.05) is 26.6 Å². The fourth-order valence-corrected chi connectivity index (χ4v) is 4.29. The van der Waals surface area contributed by atoms with Gasteiger partial charge in [-0.2, -0.15) is 0 Å². The SMILES string of the molecule is CCOCOC1CCCN(C(=O)OC(C)(C)C)C1COC1CC=C([O][Tl])CC1. The first-order chi connectivity index (χ1) is 13.3. The van der Waals surface area contributed by atoms with Gasteiger partial charge in [0, 0.05) is 6.61 Å². The second kappa shape index (κ2) is 11.7. The molecule has 158 valence electrons. The van der Waals surface area contributed by atoms with Crippen molar-refractivity contribution < 1.29 is 26.4 Å². The zero-order valence-corrected chi connectivity index (χ0v) is 22.1. The second-order valence-corrected chi connectivity index (χ2v) is 9.13. The van der Waals surface area contributed by atoms with Gasteiger partial charge < -0.3 is 0 Å². The molecule has 1 amide bonds. The van der Waals surface area contributed by atoms with Crippen molar-refractivity contribution >= 4 is 32.3 Å². The van der Waals surface area contributed by atoms with Gasteiger partial charge in [0.2, 0.25) is 0 Å². The first kappa shape index (κ1) is 23.9. The van der Waals surface area contributed by atoms with Gasteiger partial charge in [0.1, 0.15) is 0 Å². The minimum atomic E-state index is -0.531. The summed E-state index contributed by atoms with van der Waals surface area (Å²) in [6.45, 7) is 9.51. The fourth-order valence-electron chi connectivity index (χ4n) is 3.46. The van der Waals surface area contributed by atoms with Gasteiger partial charge in [0.05, 0.1) is 0 Å². The number of carbonyl (C=O) groups is 1. The van der Waals surface area contributed by atoms with Gasteiger partial charge in [-0.15, -0.1) is 0 Å². The molecule has 1 heterocycles.